The van der Waals surface area contributed by atoms with Crippen molar-refractivity contribution in [1.82, 2.24) is 0 Å². The van der Waals surface area contributed by atoms with Gasteiger partial charge in [-0.15, -0.1) is 0 Å². The van der Waals surface area contributed by atoms with Crippen molar-refractivity contribution in [1.29, 1.82) is 0 Å². The first-order chi connectivity index (χ1) is 8.88. The number of hydrogen-bond acceptors (Lipinski definition) is 5. The number of Topliss-reactive ketones (excluding diaryl/α,β-unsaturated/α-hetero) is 1. The van der Waals surface area contributed by atoms with Crippen LogP contribution in [0.15, 0.2) is 0 Å². The highest BCUT2D eigenvalue weighted by Crippen LogP contribution is 2.26. The Morgan fingerprint density at radius 1 is 1.16 bits per heavy atom. The summed E-state index contributed by atoms with van der Waals surface area (Å²) in [5.74, 6) is -0.377. The minimum absolute atomic E-state index is 0.170. The maximum absolute atomic E-state index is 11.5. The van der Waals surface area contributed by atoms with Gasteiger partial charge in [-0.2, -0.15) is 0 Å². The van der Waals surface area contributed by atoms with Gasteiger partial charge in [0.2, 0.25) is 5.78 Å². The Balaban J connectivity index is 4.37. The second-order valence-electron chi connectivity index (χ2n) is 4.53. The van der Waals surface area contributed by atoms with E-state index in [0.29, 0.717) is 13.2 Å². The van der Waals surface area contributed by atoms with Crippen molar-refractivity contribution in [2.45, 2.75) is 58.4 Å². The molecule has 19 heavy (non-hydrogen) atoms. The molecule has 0 aromatic carbocycles. The third-order valence-corrected chi connectivity index (χ3v) is 7.24. The summed E-state index contributed by atoms with van der Waals surface area (Å²) in [6.07, 6.45) is 1.72. The van der Waals surface area contributed by atoms with E-state index in [1.54, 1.807) is 0 Å². The Morgan fingerprint density at radius 3 is 2.05 bits per heavy atom. The Labute approximate surface area is 121 Å². The molecule has 0 N–H and O–H groups in total. The van der Waals surface area contributed by atoms with E-state index in [2.05, 4.69) is 6.55 Å². The number of rotatable bonds is 10. The molecule has 1 atom stereocenters. The minimum Gasteiger partial charge on any atom is -0.395 e. The van der Waals surface area contributed by atoms with Crippen LogP contribution in [0.3, 0.4) is 0 Å². The van der Waals surface area contributed by atoms with Crippen LogP contribution in [0.2, 0.25) is 12.6 Å². The van der Waals surface area contributed by atoms with E-state index < -0.39 is 8.56 Å². The van der Waals surface area contributed by atoms with Crippen LogP contribution in [0.25, 0.3) is 0 Å². The Hall–Kier alpha value is -0.173. The molecule has 0 radical (unpaired) electrons. The second-order valence-corrected chi connectivity index (χ2v) is 9.15. The summed E-state index contributed by atoms with van der Waals surface area (Å²) in [6.45, 7) is 10.7. The third kappa shape index (κ3) is 7.87. The Bertz CT molecular complexity index is 290. The molecule has 1 unspecified atom stereocenters. The standard InChI is InChI=1S/C13H26O4SSi/c1-6-12(18-13(15)11(4)14)9-10-19(5,16-7-2)17-8-3/h12H,6-10H2,1-5H3. The van der Waals surface area contributed by atoms with Crippen LogP contribution in [-0.4, -0.2) is 37.9 Å². The summed E-state index contributed by atoms with van der Waals surface area (Å²) in [5, 5.41) is -0.174. The first-order valence-electron chi connectivity index (χ1n) is 6.88. The van der Waals surface area contributed by atoms with Crippen LogP contribution in [0.4, 0.5) is 0 Å². The predicted octanol–water partition coefficient (Wildman–Crippen LogP) is 3.15. The van der Waals surface area contributed by atoms with E-state index in [4.69, 9.17) is 8.85 Å². The topological polar surface area (TPSA) is 52.6 Å². The lowest BCUT2D eigenvalue weighted by Crippen LogP contribution is -2.39. The summed E-state index contributed by atoms with van der Waals surface area (Å²) in [4.78, 5) is 22.4. The highest BCUT2D eigenvalue weighted by Gasteiger charge is 2.31. The molecule has 0 fully saturated rings. The number of thioether (sulfide) groups is 1. The number of carbonyl (C=O) groups is 2. The van der Waals surface area contributed by atoms with Gasteiger partial charge in [-0.3, -0.25) is 9.59 Å². The fourth-order valence-corrected chi connectivity index (χ4v) is 5.35. The van der Waals surface area contributed by atoms with Gasteiger partial charge in [0.25, 0.3) is 5.12 Å². The third-order valence-electron chi connectivity index (χ3n) is 2.84. The fourth-order valence-electron chi connectivity index (χ4n) is 1.80. The molecule has 0 aliphatic carbocycles. The SMILES string of the molecule is CCO[Si](C)(CCC(CC)SC(=O)C(C)=O)OCC. The van der Waals surface area contributed by atoms with E-state index in [9.17, 15) is 9.59 Å². The number of hydrogen-bond donors (Lipinski definition) is 0. The van der Waals surface area contributed by atoms with Crippen molar-refractivity contribution in [3.8, 4) is 0 Å². The molecule has 0 aromatic heterocycles. The quantitative estimate of drug-likeness (QED) is 0.458. The molecule has 0 saturated carbocycles. The van der Waals surface area contributed by atoms with Crippen molar-refractivity contribution in [2.24, 2.45) is 0 Å². The maximum atomic E-state index is 11.5. The highest BCUT2D eigenvalue weighted by atomic mass is 32.2. The molecule has 0 aliphatic heterocycles. The van der Waals surface area contributed by atoms with Gasteiger partial charge in [-0.25, -0.2) is 0 Å². The molecule has 0 heterocycles. The summed E-state index contributed by atoms with van der Waals surface area (Å²) in [7, 11) is -2.12. The zero-order chi connectivity index (χ0) is 14.9. The van der Waals surface area contributed by atoms with Crippen molar-refractivity contribution in [2.75, 3.05) is 13.2 Å². The minimum atomic E-state index is -2.12. The molecule has 0 saturated heterocycles. The van der Waals surface area contributed by atoms with Crippen molar-refractivity contribution < 1.29 is 18.4 Å². The van der Waals surface area contributed by atoms with Gasteiger partial charge in [-0.05, 0) is 39.3 Å². The number of ketones is 1. The average Bonchev–Trinajstić information content (AvgIpc) is 2.34. The van der Waals surface area contributed by atoms with Crippen molar-refractivity contribution in [3.05, 3.63) is 0 Å². The largest absolute Gasteiger partial charge is 0.395 e. The molecule has 0 aliphatic rings. The summed E-state index contributed by atoms with van der Waals surface area (Å²) < 4.78 is 11.5. The molecule has 0 aromatic rings. The molecule has 0 rings (SSSR count). The number of carbonyl (C=O) groups excluding carboxylic acids is 2. The lowest BCUT2D eigenvalue weighted by molar-refractivity contribution is -0.130. The first kappa shape index (κ1) is 18.8. The molecular formula is C13H26O4SSi. The van der Waals surface area contributed by atoms with Crippen LogP contribution in [0, 0.1) is 0 Å². The fraction of sp³-hybridized carbons (Fsp3) is 0.846. The summed E-state index contributed by atoms with van der Waals surface area (Å²) >= 11 is 1.15. The maximum Gasteiger partial charge on any atom is 0.334 e. The average molecular weight is 307 g/mol. The first-order valence-corrected chi connectivity index (χ1v) is 10.3. The van der Waals surface area contributed by atoms with Gasteiger partial charge >= 0.3 is 8.56 Å². The van der Waals surface area contributed by atoms with E-state index >= 15 is 0 Å². The molecule has 112 valence electrons. The van der Waals surface area contributed by atoms with E-state index in [-0.39, 0.29) is 16.1 Å². The lowest BCUT2D eigenvalue weighted by atomic mass is 10.3. The van der Waals surface area contributed by atoms with E-state index in [1.807, 2.05) is 20.8 Å². The van der Waals surface area contributed by atoms with Crippen LogP contribution in [0.5, 0.6) is 0 Å². The van der Waals surface area contributed by atoms with E-state index in [1.165, 1.54) is 6.92 Å². The van der Waals surface area contributed by atoms with Crippen molar-refractivity contribution >= 4 is 31.2 Å². The summed E-state index contributed by atoms with van der Waals surface area (Å²) in [6, 6.07) is 0.853. The normalized spacial score (nSPS) is 13.3. The molecule has 0 bridgehead atoms. The van der Waals surface area contributed by atoms with Crippen molar-refractivity contribution in [3.63, 3.8) is 0 Å². The zero-order valence-electron chi connectivity index (χ0n) is 12.7. The molecule has 0 spiro atoms. The Morgan fingerprint density at radius 2 is 1.68 bits per heavy atom. The smallest absolute Gasteiger partial charge is 0.334 e. The monoisotopic (exact) mass is 306 g/mol. The van der Waals surface area contributed by atoms with Gasteiger partial charge in [-0.1, -0.05) is 18.7 Å². The van der Waals surface area contributed by atoms with Gasteiger partial charge < -0.3 is 8.85 Å². The molecule has 0 amide bonds. The Kier molecular flexibility index (Phi) is 9.60. The van der Waals surface area contributed by atoms with Crippen LogP contribution >= 0.6 is 11.8 Å². The van der Waals surface area contributed by atoms with E-state index in [0.717, 1.165) is 30.6 Å². The molecule has 4 nitrogen and oxygen atoms in total. The predicted molar refractivity (Wildman–Crippen MR) is 81.7 cm³/mol. The molecule has 6 heteroatoms. The highest BCUT2D eigenvalue weighted by molar-refractivity contribution is 8.15. The molecular weight excluding hydrogens is 280 g/mol. The van der Waals surface area contributed by atoms with Gasteiger partial charge in [0.1, 0.15) is 0 Å². The van der Waals surface area contributed by atoms with Crippen LogP contribution in [0.1, 0.15) is 40.5 Å². The summed E-state index contributed by atoms with van der Waals surface area (Å²) in [5.41, 5.74) is 0. The van der Waals surface area contributed by atoms with Gasteiger partial charge in [0.15, 0.2) is 0 Å². The van der Waals surface area contributed by atoms with Crippen LogP contribution in [-0.2, 0) is 18.4 Å². The van der Waals surface area contributed by atoms with Gasteiger partial charge in [0.05, 0.1) is 0 Å². The van der Waals surface area contributed by atoms with Crippen LogP contribution < -0.4 is 0 Å². The zero-order valence-corrected chi connectivity index (χ0v) is 14.5. The second kappa shape index (κ2) is 9.69. The van der Waals surface area contributed by atoms with Gasteiger partial charge in [0, 0.05) is 25.4 Å². The lowest BCUT2D eigenvalue weighted by Gasteiger charge is -2.27.